The van der Waals surface area contributed by atoms with Gasteiger partial charge in [-0.25, -0.2) is 0 Å². The predicted octanol–water partition coefficient (Wildman–Crippen LogP) is 2.63. The van der Waals surface area contributed by atoms with Gasteiger partial charge >= 0.3 is 0 Å². The van der Waals surface area contributed by atoms with Gasteiger partial charge in [0, 0.05) is 30.4 Å². The molecule has 0 bridgehead atoms. The first-order chi connectivity index (χ1) is 9.31. The topological polar surface area (TPSA) is 50.4 Å². The van der Waals surface area contributed by atoms with Crippen LogP contribution in [0.2, 0.25) is 0 Å². The van der Waals surface area contributed by atoms with Gasteiger partial charge in [0.1, 0.15) is 0 Å². The first kappa shape index (κ1) is 12.5. The first-order valence-electron chi connectivity index (χ1n) is 7.08. The fourth-order valence-electron chi connectivity index (χ4n) is 2.33. The molecule has 1 saturated carbocycles. The molecule has 0 radical (unpaired) electrons. The Morgan fingerprint density at radius 2 is 2.11 bits per heavy atom. The Kier molecular flexibility index (Phi) is 3.69. The van der Waals surface area contributed by atoms with Gasteiger partial charge in [-0.1, -0.05) is 6.07 Å². The van der Waals surface area contributed by atoms with E-state index < -0.39 is 0 Å². The van der Waals surface area contributed by atoms with Crippen LogP contribution in [0.4, 0.5) is 11.4 Å². The van der Waals surface area contributed by atoms with Gasteiger partial charge in [-0.2, -0.15) is 0 Å². The molecule has 1 aromatic carbocycles. The normalized spacial score (nSPS) is 22.2. The average molecular weight is 260 g/mol. The number of anilines is 2. The largest absolute Gasteiger partial charge is 0.382 e. The van der Waals surface area contributed by atoms with E-state index in [-0.39, 0.29) is 11.8 Å². The molecule has 0 spiro atoms. The lowest BCUT2D eigenvalue weighted by Gasteiger charge is -2.13. The molecule has 0 aromatic heterocycles. The maximum absolute atomic E-state index is 11.7. The summed E-state index contributed by atoms with van der Waals surface area (Å²) in [5, 5.41) is 6.33. The number of hydrogen-bond donors (Lipinski definition) is 2. The molecule has 2 N–H and O–H groups in total. The van der Waals surface area contributed by atoms with Crippen molar-refractivity contribution in [2.45, 2.75) is 31.8 Å². The maximum atomic E-state index is 11.7. The summed E-state index contributed by atoms with van der Waals surface area (Å²) in [6, 6.07) is 7.88. The van der Waals surface area contributed by atoms with Crippen molar-refractivity contribution < 1.29 is 9.53 Å². The Morgan fingerprint density at radius 1 is 1.26 bits per heavy atom. The summed E-state index contributed by atoms with van der Waals surface area (Å²) in [5.74, 6) is 0.389. The van der Waals surface area contributed by atoms with E-state index in [2.05, 4.69) is 10.6 Å². The molecule has 4 heteroatoms. The van der Waals surface area contributed by atoms with Gasteiger partial charge < -0.3 is 15.4 Å². The molecule has 1 unspecified atom stereocenters. The van der Waals surface area contributed by atoms with Gasteiger partial charge in [0.25, 0.3) is 0 Å². The fraction of sp³-hybridized carbons (Fsp3) is 0.533. The summed E-state index contributed by atoms with van der Waals surface area (Å²) < 4.78 is 5.58. The van der Waals surface area contributed by atoms with Crippen LogP contribution in [0.25, 0.3) is 0 Å². The number of hydrogen-bond acceptors (Lipinski definition) is 3. The summed E-state index contributed by atoms with van der Waals surface area (Å²) in [6.07, 6.45) is 4.67. The number of nitrogens with one attached hydrogen (secondary N) is 2. The number of amides is 1. The molecule has 1 aliphatic heterocycles. The molecule has 4 nitrogen and oxygen atoms in total. The predicted molar refractivity (Wildman–Crippen MR) is 75.3 cm³/mol. The lowest BCUT2D eigenvalue weighted by molar-refractivity contribution is -0.117. The van der Waals surface area contributed by atoms with Crippen molar-refractivity contribution in [2.24, 2.45) is 5.92 Å². The zero-order chi connectivity index (χ0) is 13.1. The van der Waals surface area contributed by atoms with Crippen LogP contribution in [0, 0.1) is 5.92 Å². The van der Waals surface area contributed by atoms with Crippen LogP contribution < -0.4 is 10.6 Å². The highest BCUT2D eigenvalue weighted by Crippen LogP contribution is 2.30. The molecule has 1 amide bonds. The van der Waals surface area contributed by atoms with Gasteiger partial charge in [-0.15, -0.1) is 0 Å². The van der Waals surface area contributed by atoms with Crippen LogP contribution in [-0.2, 0) is 9.53 Å². The molecular formula is C15H20N2O2. The maximum Gasteiger partial charge on any atom is 0.227 e. The standard InChI is InChI=1S/C15H20N2O2/c18-15(11-6-7-11)17-13-4-1-3-12(9-13)16-10-14-5-2-8-19-14/h1,3-4,9,11,14,16H,2,5-8,10H2,(H,17,18). The van der Waals surface area contributed by atoms with Crippen molar-refractivity contribution in [2.75, 3.05) is 23.8 Å². The van der Waals surface area contributed by atoms with Gasteiger partial charge in [-0.05, 0) is 43.9 Å². The summed E-state index contributed by atoms with van der Waals surface area (Å²) >= 11 is 0. The molecule has 102 valence electrons. The van der Waals surface area contributed by atoms with Gasteiger partial charge in [0.05, 0.1) is 6.10 Å². The zero-order valence-electron chi connectivity index (χ0n) is 11.0. The minimum Gasteiger partial charge on any atom is -0.382 e. The smallest absolute Gasteiger partial charge is 0.227 e. The Bertz CT molecular complexity index is 451. The second-order valence-corrected chi connectivity index (χ2v) is 5.36. The highest BCUT2D eigenvalue weighted by Gasteiger charge is 2.29. The van der Waals surface area contributed by atoms with E-state index in [4.69, 9.17) is 4.74 Å². The summed E-state index contributed by atoms with van der Waals surface area (Å²) in [4.78, 5) is 11.7. The lowest BCUT2D eigenvalue weighted by Crippen LogP contribution is -2.18. The molecule has 1 aromatic rings. The van der Waals surface area contributed by atoms with Gasteiger partial charge in [-0.3, -0.25) is 4.79 Å². The van der Waals surface area contributed by atoms with Crippen LogP contribution in [0.1, 0.15) is 25.7 Å². The van der Waals surface area contributed by atoms with E-state index in [1.807, 2.05) is 24.3 Å². The van der Waals surface area contributed by atoms with E-state index in [0.717, 1.165) is 50.2 Å². The van der Waals surface area contributed by atoms with Crippen LogP contribution in [0.3, 0.4) is 0 Å². The molecular weight excluding hydrogens is 240 g/mol. The third-order valence-corrected chi connectivity index (χ3v) is 3.64. The van der Waals surface area contributed by atoms with Crippen LogP contribution in [0.5, 0.6) is 0 Å². The van der Waals surface area contributed by atoms with Crippen molar-refractivity contribution in [3.05, 3.63) is 24.3 Å². The molecule has 3 rings (SSSR count). The number of rotatable bonds is 5. The third-order valence-electron chi connectivity index (χ3n) is 3.64. The first-order valence-corrected chi connectivity index (χ1v) is 7.08. The highest BCUT2D eigenvalue weighted by molar-refractivity contribution is 5.94. The van der Waals surface area contributed by atoms with Gasteiger partial charge in [0.15, 0.2) is 0 Å². The molecule has 1 aliphatic carbocycles. The Balaban J connectivity index is 1.54. The zero-order valence-corrected chi connectivity index (χ0v) is 11.0. The lowest BCUT2D eigenvalue weighted by atomic mass is 10.2. The number of benzene rings is 1. The van der Waals surface area contributed by atoms with Crippen LogP contribution >= 0.6 is 0 Å². The van der Waals surface area contributed by atoms with Crippen molar-refractivity contribution in [1.29, 1.82) is 0 Å². The van der Waals surface area contributed by atoms with E-state index >= 15 is 0 Å². The SMILES string of the molecule is O=C(Nc1cccc(NCC2CCCO2)c1)C1CC1. The molecule has 2 aliphatic rings. The summed E-state index contributed by atoms with van der Waals surface area (Å²) in [5.41, 5.74) is 1.90. The molecule has 1 atom stereocenters. The van der Waals surface area contributed by atoms with Crippen LogP contribution in [0.15, 0.2) is 24.3 Å². The Labute approximate surface area is 113 Å². The molecule has 1 heterocycles. The number of ether oxygens (including phenoxy) is 1. The van der Waals surface area contributed by atoms with Crippen molar-refractivity contribution in [1.82, 2.24) is 0 Å². The quantitative estimate of drug-likeness (QED) is 0.855. The Hall–Kier alpha value is -1.55. The van der Waals surface area contributed by atoms with Crippen molar-refractivity contribution in [3.63, 3.8) is 0 Å². The summed E-state index contributed by atoms with van der Waals surface area (Å²) in [7, 11) is 0. The number of carbonyl (C=O) groups is 1. The molecule has 2 fully saturated rings. The van der Waals surface area contributed by atoms with Gasteiger partial charge in [0.2, 0.25) is 5.91 Å². The third kappa shape index (κ3) is 3.47. The molecule has 1 saturated heterocycles. The fourth-order valence-corrected chi connectivity index (χ4v) is 2.33. The van der Waals surface area contributed by atoms with Crippen LogP contribution in [-0.4, -0.2) is 25.2 Å². The number of carbonyl (C=O) groups excluding carboxylic acids is 1. The summed E-state index contributed by atoms with van der Waals surface area (Å²) in [6.45, 7) is 1.71. The van der Waals surface area contributed by atoms with E-state index in [1.165, 1.54) is 0 Å². The average Bonchev–Trinajstić information content (AvgIpc) is 3.14. The second kappa shape index (κ2) is 5.61. The van der Waals surface area contributed by atoms with E-state index in [0.29, 0.717) is 6.10 Å². The Morgan fingerprint density at radius 3 is 2.84 bits per heavy atom. The monoisotopic (exact) mass is 260 g/mol. The van der Waals surface area contributed by atoms with E-state index in [9.17, 15) is 4.79 Å². The highest BCUT2D eigenvalue weighted by atomic mass is 16.5. The second-order valence-electron chi connectivity index (χ2n) is 5.36. The van der Waals surface area contributed by atoms with Crippen molar-refractivity contribution in [3.8, 4) is 0 Å². The van der Waals surface area contributed by atoms with E-state index in [1.54, 1.807) is 0 Å². The van der Waals surface area contributed by atoms with Crippen molar-refractivity contribution >= 4 is 17.3 Å². The minimum absolute atomic E-state index is 0.149. The minimum atomic E-state index is 0.149. The molecule has 19 heavy (non-hydrogen) atoms.